The van der Waals surface area contributed by atoms with E-state index >= 15 is 0 Å². The molecule has 1 amide bonds. The summed E-state index contributed by atoms with van der Waals surface area (Å²) in [6.07, 6.45) is -4.40. The number of nitrogens with one attached hydrogen (secondary N) is 2. The maximum atomic E-state index is 13.5. The van der Waals surface area contributed by atoms with Gasteiger partial charge >= 0.3 is 6.18 Å². The molecule has 2 heterocycles. The molecule has 1 aromatic carbocycles. The van der Waals surface area contributed by atoms with Gasteiger partial charge in [0, 0.05) is 14.1 Å². The number of anilines is 1. The van der Waals surface area contributed by atoms with Crippen LogP contribution in [-0.4, -0.2) is 44.3 Å². The van der Waals surface area contributed by atoms with Crippen molar-refractivity contribution in [2.24, 2.45) is 4.40 Å². The molecule has 2 aromatic rings. The summed E-state index contributed by atoms with van der Waals surface area (Å²) in [6, 6.07) is 4.55. The van der Waals surface area contributed by atoms with Gasteiger partial charge in [-0.2, -0.15) is 21.6 Å². The number of alkyl halides is 3. The van der Waals surface area contributed by atoms with Gasteiger partial charge in [-0.1, -0.05) is 6.92 Å². The molecule has 184 valence electrons. The van der Waals surface area contributed by atoms with Gasteiger partial charge in [-0.3, -0.25) is 4.79 Å². The summed E-state index contributed by atoms with van der Waals surface area (Å²) in [6.45, 7) is 3.59. The van der Waals surface area contributed by atoms with Gasteiger partial charge in [0.25, 0.3) is 15.9 Å². The molecule has 1 aromatic heterocycles. The molecule has 1 aliphatic rings. The molecule has 1 atom stereocenters. The lowest BCUT2D eigenvalue weighted by atomic mass is 10.0. The molecule has 0 fully saturated rings. The fourth-order valence-corrected chi connectivity index (χ4v) is 4.23. The molecule has 34 heavy (non-hydrogen) atoms. The van der Waals surface area contributed by atoms with Gasteiger partial charge in [0.2, 0.25) is 0 Å². The number of halogens is 3. The van der Waals surface area contributed by atoms with Crippen molar-refractivity contribution in [2.45, 2.75) is 32.5 Å². The van der Waals surface area contributed by atoms with E-state index in [0.29, 0.717) is 24.0 Å². The summed E-state index contributed by atoms with van der Waals surface area (Å²) < 4.78 is 73.9. The monoisotopic (exact) mass is 500 g/mol. The van der Waals surface area contributed by atoms with E-state index < -0.39 is 45.0 Å². The number of amidine groups is 1. The Kier molecular flexibility index (Phi) is 6.69. The highest BCUT2D eigenvalue weighted by Gasteiger charge is 2.38. The van der Waals surface area contributed by atoms with Crippen molar-refractivity contribution in [3.63, 3.8) is 0 Å². The summed E-state index contributed by atoms with van der Waals surface area (Å²) in [5.74, 6) is -1.14. The van der Waals surface area contributed by atoms with E-state index in [9.17, 15) is 31.5 Å². The van der Waals surface area contributed by atoms with E-state index in [2.05, 4.69) is 15.0 Å². The van der Waals surface area contributed by atoms with Crippen molar-refractivity contribution in [2.75, 3.05) is 19.4 Å². The van der Waals surface area contributed by atoms with E-state index in [0.717, 1.165) is 16.4 Å². The molecule has 3 rings (SSSR count). The standard InChI is InChI=1S/C21H23F3N4O5S/c1-5-13(16-9-6-11(2)33-16)25-15-10-34(31,32)27-19(15)26-14-8-7-12(21(22,23)24)17(18(14)29)20(30)28(3)4/h6-10,13,25,29H,5H2,1-4H3,(H,26,27)/t13-/m1/s1. The van der Waals surface area contributed by atoms with E-state index in [4.69, 9.17) is 4.42 Å². The van der Waals surface area contributed by atoms with Crippen LogP contribution in [0.25, 0.3) is 0 Å². The average molecular weight is 500 g/mol. The van der Waals surface area contributed by atoms with Gasteiger partial charge in [-0.25, -0.2) is 0 Å². The van der Waals surface area contributed by atoms with Crippen LogP contribution >= 0.6 is 0 Å². The molecule has 0 bridgehead atoms. The number of sulfonamides is 1. The summed E-state index contributed by atoms with van der Waals surface area (Å²) in [5, 5.41) is 16.9. The summed E-state index contributed by atoms with van der Waals surface area (Å²) in [5.41, 5.74) is -2.62. The van der Waals surface area contributed by atoms with Crippen LogP contribution in [0, 0.1) is 6.92 Å². The van der Waals surface area contributed by atoms with Crippen molar-refractivity contribution in [1.29, 1.82) is 0 Å². The number of phenols is 1. The third-order valence-electron chi connectivity index (χ3n) is 4.94. The average Bonchev–Trinajstić information content (AvgIpc) is 3.27. The molecule has 13 heteroatoms. The number of hydrogen-bond acceptors (Lipinski definition) is 7. The molecule has 0 spiro atoms. The fourth-order valence-electron chi connectivity index (χ4n) is 3.30. The molecule has 0 unspecified atom stereocenters. The van der Waals surface area contributed by atoms with Crippen molar-refractivity contribution < 1.29 is 35.9 Å². The maximum absolute atomic E-state index is 13.5. The smallest absolute Gasteiger partial charge is 0.417 e. The Morgan fingerprint density at radius 1 is 1.24 bits per heavy atom. The molecule has 0 aliphatic carbocycles. The zero-order valence-corrected chi connectivity index (χ0v) is 19.5. The summed E-state index contributed by atoms with van der Waals surface area (Å²) in [7, 11) is -1.57. The minimum atomic E-state index is -4.91. The van der Waals surface area contributed by atoms with Crippen molar-refractivity contribution in [3.8, 4) is 5.75 Å². The second-order valence-corrected chi connectivity index (χ2v) is 9.19. The van der Waals surface area contributed by atoms with E-state index in [1.165, 1.54) is 14.1 Å². The van der Waals surface area contributed by atoms with Crippen LogP contribution in [0.3, 0.4) is 0 Å². The zero-order chi connectivity index (χ0) is 25.4. The molecule has 9 nitrogen and oxygen atoms in total. The van der Waals surface area contributed by atoms with Crippen LogP contribution in [0.2, 0.25) is 0 Å². The van der Waals surface area contributed by atoms with Gasteiger partial charge in [0.1, 0.15) is 11.5 Å². The third-order valence-corrected chi connectivity index (χ3v) is 5.91. The molecular formula is C21H23F3N4O5S. The number of carbonyl (C=O) groups excluding carboxylic acids is 1. The number of amides is 1. The van der Waals surface area contributed by atoms with Crippen molar-refractivity contribution in [3.05, 3.63) is 58.0 Å². The largest absolute Gasteiger partial charge is 0.505 e. The van der Waals surface area contributed by atoms with E-state index in [1.54, 1.807) is 19.1 Å². The van der Waals surface area contributed by atoms with Gasteiger partial charge in [-0.15, -0.1) is 4.40 Å². The molecule has 0 saturated heterocycles. The highest BCUT2D eigenvalue weighted by atomic mass is 32.2. The van der Waals surface area contributed by atoms with Crippen LogP contribution in [0.4, 0.5) is 18.9 Å². The van der Waals surface area contributed by atoms with E-state index in [-0.39, 0.29) is 17.2 Å². The molecule has 3 N–H and O–H groups in total. The zero-order valence-electron chi connectivity index (χ0n) is 18.7. The number of benzene rings is 1. The minimum absolute atomic E-state index is 0.0145. The van der Waals surface area contributed by atoms with Gasteiger partial charge in [-0.05, 0) is 37.6 Å². The Morgan fingerprint density at radius 3 is 2.44 bits per heavy atom. The number of hydrogen-bond donors (Lipinski definition) is 3. The molecular weight excluding hydrogens is 477 g/mol. The molecule has 0 radical (unpaired) electrons. The number of nitrogens with zero attached hydrogens (tertiary/aromatic N) is 2. The topological polar surface area (TPSA) is 124 Å². The minimum Gasteiger partial charge on any atom is -0.505 e. The first-order valence-electron chi connectivity index (χ1n) is 10.0. The van der Waals surface area contributed by atoms with Crippen LogP contribution < -0.4 is 10.6 Å². The van der Waals surface area contributed by atoms with Crippen LogP contribution in [0.15, 0.2) is 44.2 Å². The Balaban J connectivity index is 1.99. The lowest BCUT2D eigenvalue weighted by Crippen LogP contribution is -2.28. The normalized spacial score (nSPS) is 16.0. The second kappa shape index (κ2) is 9.05. The number of phenolic OH excluding ortho intramolecular Hbond substituents is 1. The molecule has 1 aliphatic heterocycles. The predicted molar refractivity (Wildman–Crippen MR) is 119 cm³/mol. The number of rotatable bonds is 6. The van der Waals surface area contributed by atoms with E-state index in [1.807, 2.05) is 6.92 Å². The number of aromatic hydroxyl groups is 1. The van der Waals surface area contributed by atoms with Gasteiger partial charge in [0.15, 0.2) is 11.6 Å². The predicted octanol–water partition coefficient (Wildman–Crippen LogP) is 3.75. The first-order chi connectivity index (χ1) is 15.7. The highest BCUT2D eigenvalue weighted by Crippen LogP contribution is 2.40. The Labute approximate surface area is 194 Å². The SMILES string of the molecule is CC[C@@H](NC1=CS(=O)(=O)N=C1Nc1ccc(C(F)(F)F)c(C(=O)N(C)C)c1O)c1ccc(C)o1. The fraction of sp³-hybridized carbons (Fsp3) is 0.333. The summed E-state index contributed by atoms with van der Waals surface area (Å²) >= 11 is 0. The third kappa shape index (κ3) is 5.19. The van der Waals surface area contributed by atoms with Gasteiger partial charge < -0.3 is 25.1 Å². The first kappa shape index (κ1) is 25.1. The van der Waals surface area contributed by atoms with Crippen LogP contribution in [-0.2, 0) is 16.2 Å². The lowest BCUT2D eigenvalue weighted by molar-refractivity contribution is -0.138. The number of furan rings is 1. The van der Waals surface area contributed by atoms with Crippen LogP contribution in [0.5, 0.6) is 5.75 Å². The molecule has 0 saturated carbocycles. The number of carbonyl (C=O) groups is 1. The summed E-state index contributed by atoms with van der Waals surface area (Å²) in [4.78, 5) is 13.3. The Hall–Kier alpha value is -3.48. The van der Waals surface area contributed by atoms with Crippen molar-refractivity contribution >= 4 is 27.5 Å². The first-order valence-corrected chi connectivity index (χ1v) is 11.6. The maximum Gasteiger partial charge on any atom is 0.417 e. The van der Waals surface area contributed by atoms with Crippen LogP contribution in [0.1, 0.15) is 46.8 Å². The highest BCUT2D eigenvalue weighted by molar-refractivity contribution is 7.93. The Morgan fingerprint density at radius 2 is 1.91 bits per heavy atom. The second-order valence-electron chi connectivity index (χ2n) is 7.75. The van der Waals surface area contributed by atoms with Crippen molar-refractivity contribution in [1.82, 2.24) is 10.2 Å². The van der Waals surface area contributed by atoms with Gasteiger partial charge in [0.05, 0.1) is 34.0 Å². The lowest BCUT2D eigenvalue weighted by Gasteiger charge is -2.21. The Bertz CT molecular complexity index is 1280. The quantitative estimate of drug-likeness (QED) is 0.516. The number of aryl methyl sites for hydroxylation is 1.